The maximum Gasteiger partial charge on any atom is 0.0977 e. The Morgan fingerprint density at radius 2 is 2.25 bits per heavy atom. The number of alkyl halides is 2. The molecule has 0 atom stereocenters. The van der Waals surface area contributed by atoms with E-state index in [4.69, 9.17) is 4.42 Å². The van der Waals surface area contributed by atoms with Gasteiger partial charge in [-0.1, -0.05) is 31.9 Å². The summed E-state index contributed by atoms with van der Waals surface area (Å²) >= 11 is 6.64. The monoisotopic (exact) mass is 238 g/mol. The van der Waals surface area contributed by atoms with Gasteiger partial charge in [-0.05, 0) is 6.07 Å². The van der Waals surface area contributed by atoms with Crippen LogP contribution in [-0.2, 0) is 0 Å². The molecule has 0 aromatic carbocycles. The molecule has 3 heteroatoms. The van der Waals surface area contributed by atoms with Crippen LogP contribution < -0.4 is 0 Å². The Morgan fingerprint density at radius 3 is 2.50 bits per heavy atom. The van der Waals surface area contributed by atoms with Gasteiger partial charge in [-0.3, -0.25) is 0 Å². The maximum absolute atomic E-state index is 4.82. The topological polar surface area (TPSA) is 13.1 Å². The predicted octanol–water partition coefficient (Wildman–Crippen LogP) is 3.07. The van der Waals surface area contributed by atoms with Gasteiger partial charge in [-0.2, -0.15) is 0 Å². The van der Waals surface area contributed by atoms with Gasteiger partial charge in [-0.15, -0.1) is 0 Å². The van der Waals surface area contributed by atoms with Crippen LogP contribution in [0.1, 0.15) is 9.30 Å². The zero-order valence-electron chi connectivity index (χ0n) is 3.97. The molecule has 0 aliphatic carbocycles. The van der Waals surface area contributed by atoms with Crippen LogP contribution in [0.15, 0.2) is 23.0 Å². The van der Waals surface area contributed by atoms with Gasteiger partial charge in [0, 0.05) is 5.56 Å². The van der Waals surface area contributed by atoms with E-state index in [0.29, 0.717) is 0 Å². The molecule has 0 fully saturated rings. The van der Waals surface area contributed by atoms with Crippen molar-refractivity contribution in [2.24, 2.45) is 0 Å². The quantitative estimate of drug-likeness (QED) is 0.687. The van der Waals surface area contributed by atoms with Gasteiger partial charge < -0.3 is 4.42 Å². The summed E-state index contributed by atoms with van der Waals surface area (Å²) in [6.45, 7) is 0. The van der Waals surface area contributed by atoms with E-state index < -0.39 is 0 Å². The largest absolute Gasteiger partial charge is 0.472 e. The maximum atomic E-state index is 4.82. The second-order valence-electron chi connectivity index (χ2n) is 1.36. The van der Waals surface area contributed by atoms with Crippen LogP contribution >= 0.6 is 31.9 Å². The number of halogens is 2. The zero-order valence-corrected chi connectivity index (χ0v) is 7.15. The lowest BCUT2D eigenvalue weighted by Gasteiger charge is -1.90. The molecule has 1 nitrogen and oxygen atoms in total. The van der Waals surface area contributed by atoms with E-state index in [9.17, 15) is 0 Å². The summed E-state index contributed by atoms with van der Waals surface area (Å²) in [7, 11) is 0. The SMILES string of the molecule is BrC(Br)c1ccoc1. The fraction of sp³-hybridized carbons (Fsp3) is 0.200. The molecule has 0 N–H and O–H groups in total. The van der Waals surface area contributed by atoms with Gasteiger partial charge in [0.1, 0.15) is 0 Å². The number of hydrogen-bond acceptors (Lipinski definition) is 1. The third kappa shape index (κ3) is 1.36. The first-order valence-electron chi connectivity index (χ1n) is 2.11. The zero-order chi connectivity index (χ0) is 5.98. The van der Waals surface area contributed by atoms with Gasteiger partial charge in [0.2, 0.25) is 0 Å². The molecule has 1 aromatic rings. The van der Waals surface area contributed by atoms with E-state index in [0.717, 1.165) is 5.56 Å². The highest BCUT2D eigenvalue weighted by Gasteiger charge is 2.00. The highest BCUT2D eigenvalue weighted by atomic mass is 79.9. The molecule has 0 saturated carbocycles. The fourth-order valence-electron chi connectivity index (χ4n) is 0.399. The van der Waals surface area contributed by atoms with Gasteiger partial charge in [0.15, 0.2) is 0 Å². The van der Waals surface area contributed by atoms with Gasteiger partial charge in [0.05, 0.1) is 16.3 Å². The summed E-state index contributed by atoms with van der Waals surface area (Å²) in [5, 5.41) is 0. The number of rotatable bonds is 1. The van der Waals surface area contributed by atoms with E-state index >= 15 is 0 Å². The van der Waals surface area contributed by atoms with Crippen LogP contribution in [0, 0.1) is 0 Å². The molecule has 0 saturated heterocycles. The Labute approximate surface area is 64.3 Å². The van der Waals surface area contributed by atoms with Crippen molar-refractivity contribution < 1.29 is 4.42 Å². The van der Waals surface area contributed by atoms with Crippen molar-refractivity contribution in [3.05, 3.63) is 24.2 Å². The third-order valence-corrected chi connectivity index (χ3v) is 1.85. The Hall–Kier alpha value is 0.240. The average Bonchev–Trinajstić information content (AvgIpc) is 2.12. The molecule has 1 aromatic heterocycles. The smallest absolute Gasteiger partial charge is 0.0977 e. The standard InChI is InChI=1S/C5H4Br2O/c6-5(7)4-1-2-8-3-4/h1-3,5H. The van der Waals surface area contributed by atoms with Crippen molar-refractivity contribution >= 4 is 31.9 Å². The van der Waals surface area contributed by atoms with Gasteiger partial charge in [-0.25, -0.2) is 0 Å². The molecule has 0 aliphatic rings. The highest BCUT2D eigenvalue weighted by molar-refractivity contribution is 9.24. The van der Waals surface area contributed by atoms with Crippen LogP contribution in [-0.4, -0.2) is 0 Å². The minimum absolute atomic E-state index is 0.216. The van der Waals surface area contributed by atoms with Crippen molar-refractivity contribution in [2.45, 2.75) is 3.74 Å². The van der Waals surface area contributed by atoms with Crippen LogP contribution in [0.4, 0.5) is 0 Å². The van der Waals surface area contributed by atoms with Crippen molar-refractivity contribution in [3.63, 3.8) is 0 Å². The van der Waals surface area contributed by atoms with Crippen molar-refractivity contribution in [1.82, 2.24) is 0 Å². The van der Waals surface area contributed by atoms with Crippen molar-refractivity contribution in [1.29, 1.82) is 0 Å². The first-order chi connectivity index (χ1) is 3.80. The Balaban J connectivity index is 2.77. The lowest BCUT2D eigenvalue weighted by Crippen LogP contribution is -1.68. The number of furan rings is 1. The molecule has 8 heavy (non-hydrogen) atoms. The van der Waals surface area contributed by atoms with Gasteiger partial charge in [0.25, 0.3) is 0 Å². The molecular formula is C5H4Br2O. The Bertz CT molecular complexity index is 145. The highest BCUT2D eigenvalue weighted by Crippen LogP contribution is 2.28. The van der Waals surface area contributed by atoms with Crippen molar-refractivity contribution in [2.75, 3.05) is 0 Å². The van der Waals surface area contributed by atoms with E-state index in [1.807, 2.05) is 6.07 Å². The van der Waals surface area contributed by atoms with E-state index in [1.54, 1.807) is 12.5 Å². The first-order valence-corrected chi connectivity index (χ1v) is 3.94. The Morgan fingerprint density at radius 1 is 1.50 bits per heavy atom. The van der Waals surface area contributed by atoms with E-state index in [2.05, 4.69) is 31.9 Å². The summed E-state index contributed by atoms with van der Waals surface area (Å²) in [5.41, 5.74) is 1.10. The third-order valence-electron chi connectivity index (χ3n) is 0.795. The lowest BCUT2D eigenvalue weighted by atomic mass is 10.4. The molecular weight excluding hydrogens is 236 g/mol. The van der Waals surface area contributed by atoms with E-state index in [1.165, 1.54) is 0 Å². The second kappa shape index (κ2) is 2.69. The van der Waals surface area contributed by atoms with Crippen LogP contribution in [0.3, 0.4) is 0 Å². The van der Waals surface area contributed by atoms with Gasteiger partial charge >= 0.3 is 0 Å². The summed E-state index contributed by atoms with van der Waals surface area (Å²) in [5.74, 6) is 0. The summed E-state index contributed by atoms with van der Waals surface area (Å²) < 4.78 is 5.03. The summed E-state index contributed by atoms with van der Waals surface area (Å²) in [4.78, 5) is 0. The number of hydrogen-bond donors (Lipinski definition) is 0. The molecule has 0 spiro atoms. The Kier molecular flexibility index (Phi) is 2.14. The minimum Gasteiger partial charge on any atom is -0.472 e. The molecule has 0 unspecified atom stereocenters. The lowest BCUT2D eigenvalue weighted by molar-refractivity contribution is 0.565. The van der Waals surface area contributed by atoms with Crippen molar-refractivity contribution in [3.8, 4) is 0 Å². The van der Waals surface area contributed by atoms with Crippen LogP contribution in [0.2, 0.25) is 0 Å². The van der Waals surface area contributed by atoms with E-state index in [-0.39, 0.29) is 3.74 Å². The fourth-order valence-corrected chi connectivity index (χ4v) is 0.920. The normalized spacial score (nSPS) is 10.4. The molecule has 0 aliphatic heterocycles. The summed E-state index contributed by atoms with van der Waals surface area (Å²) in [6.07, 6.45) is 3.33. The first kappa shape index (κ1) is 6.36. The van der Waals surface area contributed by atoms with Crippen LogP contribution in [0.5, 0.6) is 0 Å². The molecule has 1 rings (SSSR count). The molecule has 0 bridgehead atoms. The molecule has 0 radical (unpaired) electrons. The van der Waals surface area contributed by atoms with Crippen LogP contribution in [0.25, 0.3) is 0 Å². The molecule has 1 heterocycles. The summed E-state index contributed by atoms with van der Waals surface area (Å²) in [6, 6.07) is 1.90. The average molecular weight is 240 g/mol. The molecule has 44 valence electrons. The predicted molar refractivity (Wildman–Crippen MR) is 39.3 cm³/mol. The minimum atomic E-state index is 0.216. The second-order valence-corrected chi connectivity index (χ2v) is 4.42. The molecule has 0 amide bonds.